The van der Waals surface area contributed by atoms with Gasteiger partial charge in [-0.1, -0.05) is 24.0 Å². The van der Waals surface area contributed by atoms with Gasteiger partial charge in [-0.2, -0.15) is 0 Å². The van der Waals surface area contributed by atoms with Gasteiger partial charge in [0.1, 0.15) is 11.8 Å². The number of likely N-dealkylation sites (tertiary alicyclic amines) is 1. The molecule has 27 heavy (non-hydrogen) atoms. The van der Waals surface area contributed by atoms with Gasteiger partial charge < -0.3 is 10.0 Å². The Morgan fingerprint density at radius 1 is 1.22 bits per heavy atom. The molecule has 3 heterocycles. The zero-order valence-electron chi connectivity index (χ0n) is 15.1. The first-order valence-electron chi connectivity index (χ1n) is 8.66. The van der Waals surface area contributed by atoms with Crippen molar-refractivity contribution in [2.24, 2.45) is 0 Å². The summed E-state index contributed by atoms with van der Waals surface area (Å²) >= 11 is 0. The topological polar surface area (TPSA) is 79.2 Å². The first kappa shape index (κ1) is 17.1. The lowest BCUT2D eigenvalue weighted by molar-refractivity contribution is -0.137. The molecule has 0 radical (unpaired) electrons. The second-order valence-electron chi connectivity index (χ2n) is 6.69. The number of rotatable bonds is 1. The minimum Gasteiger partial charge on any atom is -0.369 e. The first-order valence-corrected chi connectivity index (χ1v) is 8.66. The molecule has 4 rings (SSSR count). The van der Waals surface area contributed by atoms with Gasteiger partial charge in [0, 0.05) is 31.1 Å². The normalized spacial score (nSPS) is 19.2. The summed E-state index contributed by atoms with van der Waals surface area (Å²) in [6.45, 7) is 2.41. The lowest BCUT2D eigenvalue weighted by Gasteiger charge is -2.13. The molecule has 1 aliphatic heterocycles. The average Bonchev–Trinajstić information content (AvgIpc) is 2.95. The van der Waals surface area contributed by atoms with Gasteiger partial charge >= 0.3 is 0 Å². The highest BCUT2D eigenvalue weighted by Crippen LogP contribution is 2.23. The molecule has 2 aromatic heterocycles. The Bertz CT molecular complexity index is 1120. The van der Waals surface area contributed by atoms with Crippen LogP contribution in [0.5, 0.6) is 0 Å². The summed E-state index contributed by atoms with van der Waals surface area (Å²) in [6.07, 6.45) is 1.85. The number of aromatic nitrogens is 3. The maximum Gasteiger partial charge on any atom is 0.267 e. The van der Waals surface area contributed by atoms with Crippen molar-refractivity contribution in [3.05, 3.63) is 54.0 Å². The Kier molecular flexibility index (Phi) is 4.09. The van der Waals surface area contributed by atoms with Crippen molar-refractivity contribution in [1.82, 2.24) is 19.9 Å². The lowest BCUT2D eigenvalue weighted by Crippen LogP contribution is -2.37. The summed E-state index contributed by atoms with van der Waals surface area (Å²) in [5.74, 6) is 5.33. The smallest absolute Gasteiger partial charge is 0.267 e. The van der Waals surface area contributed by atoms with E-state index in [4.69, 9.17) is 0 Å². The zero-order chi connectivity index (χ0) is 19.0. The Hall–Kier alpha value is -3.30. The Morgan fingerprint density at radius 2 is 2.07 bits per heavy atom. The molecule has 1 saturated heterocycles. The van der Waals surface area contributed by atoms with Crippen molar-refractivity contribution in [3.63, 3.8) is 0 Å². The van der Waals surface area contributed by atoms with E-state index in [0.717, 1.165) is 28.0 Å². The van der Waals surface area contributed by atoms with Crippen LogP contribution >= 0.6 is 0 Å². The Balaban J connectivity index is 1.69. The highest BCUT2D eigenvalue weighted by Gasteiger charge is 2.42. The summed E-state index contributed by atoms with van der Waals surface area (Å²) in [4.78, 5) is 26.6. The van der Waals surface area contributed by atoms with Crippen molar-refractivity contribution in [2.45, 2.75) is 18.9 Å². The van der Waals surface area contributed by atoms with Crippen LogP contribution in [0.1, 0.15) is 17.7 Å². The fraction of sp³-hybridized carbons (Fsp3) is 0.238. The van der Waals surface area contributed by atoms with Crippen molar-refractivity contribution in [2.75, 3.05) is 13.6 Å². The van der Waals surface area contributed by atoms with Gasteiger partial charge in [0.2, 0.25) is 5.60 Å². The number of fused-ring (bicyclic) bond motifs is 1. The molecule has 1 N–H and O–H groups in total. The largest absolute Gasteiger partial charge is 0.369 e. The van der Waals surface area contributed by atoms with E-state index in [-0.39, 0.29) is 5.91 Å². The van der Waals surface area contributed by atoms with Crippen LogP contribution in [-0.4, -0.2) is 50.1 Å². The molecule has 1 aromatic carbocycles. The molecule has 1 aliphatic rings. The van der Waals surface area contributed by atoms with Gasteiger partial charge in [-0.05, 0) is 31.2 Å². The third-order valence-electron chi connectivity index (χ3n) is 4.75. The zero-order valence-corrected chi connectivity index (χ0v) is 15.1. The van der Waals surface area contributed by atoms with E-state index in [9.17, 15) is 9.90 Å². The van der Waals surface area contributed by atoms with Gasteiger partial charge in [-0.25, -0.2) is 15.0 Å². The van der Waals surface area contributed by atoms with Crippen LogP contribution in [0.4, 0.5) is 0 Å². The van der Waals surface area contributed by atoms with Gasteiger partial charge in [0.05, 0.1) is 16.9 Å². The molecule has 3 aromatic rings. The number of aryl methyl sites for hydroxylation is 1. The van der Waals surface area contributed by atoms with E-state index in [1.807, 2.05) is 43.3 Å². The van der Waals surface area contributed by atoms with E-state index >= 15 is 0 Å². The molecule has 134 valence electrons. The molecule has 0 aliphatic carbocycles. The maximum atomic E-state index is 12.0. The summed E-state index contributed by atoms with van der Waals surface area (Å²) in [6, 6.07) is 11.4. The van der Waals surface area contributed by atoms with E-state index in [1.54, 1.807) is 7.05 Å². The van der Waals surface area contributed by atoms with Gasteiger partial charge in [-0.3, -0.25) is 4.79 Å². The summed E-state index contributed by atoms with van der Waals surface area (Å²) < 4.78 is 0. The number of pyridine rings is 1. The molecule has 1 fully saturated rings. The third-order valence-corrected chi connectivity index (χ3v) is 4.75. The van der Waals surface area contributed by atoms with E-state index < -0.39 is 5.60 Å². The van der Waals surface area contributed by atoms with Crippen LogP contribution in [0, 0.1) is 18.8 Å². The standard InChI is InChI=1S/C21H18N4O2/c1-14-19-18(23-13-22-14)7-6-17(24-19)16-5-3-4-15(12-16)8-9-21(27)10-11-25(2)20(21)26/h3-7,12-13,27H,10-11H2,1-2H3. The molecule has 1 unspecified atom stereocenters. The van der Waals surface area contributed by atoms with Gasteiger partial charge in [0.25, 0.3) is 5.91 Å². The molecular formula is C21H18N4O2. The average molecular weight is 358 g/mol. The summed E-state index contributed by atoms with van der Waals surface area (Å²) in [5, 5.41) is 10.4. The number of carbonyl (C=O) groups is 1. The Labute approximate surface area is 156 Å². The minimum absolute atomic E-state index is 0.320. The van der Waals surface area contributed by atoms with Crippen molar-refractivity contribution < 1.29 is 9.90 Å². The highest BCUT2D eigenvalue weighted by molar-refractivity contribution is 5.90. The quantitative estimate of drug-likeness (QED) is 0.673. The second-order valence-corrected chi connectivity index (χ2v) is 6.69. The summed E-state index contributed by atoms with van der Waals surface area (Å²) in [5.41, 5.74) is 3.19. The van der Waals surface area contributed by atoms with Crippen LogP contribution in [0.25, 0.3) is 22.3 Å². The van der Waals surface area contributed by atoms with Crippen LogP contribution in [0.3, 0.4) is 0 Å². The van der Waals surface area contributed by atoms with E-state index in [0.29, 0.717) is 18.5 Å². The first-order chi connectivity index (χ1) is 13.0. The van der Waals surface area contributed by atoms with Crippen LogP contribution < -0.4 is 0 Å². The number of benzene rings is 1. The fourth-order valence-corrected chi connectivity index (χ4v) is 3.12. The van der Waals surface area contributed by atoms with Crippen LogP contribution in [0.15, 0.2) is 42.7 Å². The number of hydrogen-bond acceptors (Lipinski definition) is 5. The lowest BCUT2D eigenvalue weighted by atomic mass is 10.0. The maximum absolute atomic E-state index is 12.0. The highest BCUT2D eigenvalue weighted by atomic mass is 16.3. The Morgan fingerprint density at radius 3 is 2.85 bits per heavy atom. The number of aliphatic hydroxyl groups is 1. The predicted molar refractivity (Wildman–Crippen MR) is 102 cm³/mol. The minimum atomic E-state index is -1.60. The molecule has 1 atom stereocenters. The molecular weight excluding hydrogens is 340 g/mol. The molecule has 0 bridgehead atoms. The number of hydrogen-bond donors (Lipinski definition) is 1. The monoisotopic (exact) mass is 358 g/mol. The van der Waals surface area contributed by atoms with Crippen LogP contribution in [-0.2, 0) is 4.79 Å². The van der Waals surface area contributed by atoms with Crippen molar-refractivity contribution in [1.29, 1.82) is 0 Å². The SMILES string of the molecule is Cc1ncnc2ccc(-c3cccc(C#CC4(O)CCN(C)C4=O)c3)nc12. The predicted octanol–water partition coefficient (Wildman–Crippen LogP) is 1.94. The molecule has 6 heteroatoms. The van der Waals surface area contributed by atoms with E-state index in [2.05, 4.69) is 26.8 Å². The molecule has 0 spiro atoms. The third kappa shape index (κ3) is 3.14. The van der Waals surface area contributed by atoms with Crippen molar-refractivity contribution >= 4 is 16.9 Å². The number of amides is 1. The summed E-state index contributed by atoms with van der Waals surface area (Å²) in [7, 11) is 1.67. The van der Waals surface area contributed by atoms with Gasteiger partial charge in [-0.15, -0.1) is 0 Å². The molecule has 0 saturated carbocycles. The van der Waals surface area contributed by atoms with Crippen LogP contribution in [0.2, 0.25) is 0 Å². The number of carbonyl (C=O) groups excluding carboxylic acids is 1. The number of likely N-dealkylation sites (N-methyl/N-ethyl adjacent to an activating group) is 1. The van der Waals surface area contributed by atoms with Crippen molar-refractivity contribution in [3.8, 4) is 23.1 Å². The van der Waals surface area contributed by atoms with E-state index in [1.165, 1.54) is 11.2 Å². The van der Waals surface area contributed by atoms with Gasteiger partial charge in [0.15, 0.2) is 0 Å². The fourth-order valence-electron chi connectivity index (χ4n) is 3.12. The molecule has 1 amide bonds. The number of nitrogens with zero attached hydrogens (tertiary/aromatic N) is 4. The molecule has 6 nitrogen and oxygen atoms in total. The second kappa shape index (κ2) is 6.45.